The molecule has 0 aliphatic carbocycles. The second kappa shape index (κ2) is 6.55. The predicted molar refractivity (Wildman–Crippen MR) is 72.2 cm³/mol. The van der Waals surface area contributed by atoms with Crippen molar-refractivity contribution < 1.29 is 32.2 Å². The van der Waals surface area contributed by atoms with Gasteiger partial charge in [0.1, 0.15) is 17.1 Å². The molecule has 0 aliphatic heterocycles. The van der Waals surface area contributed by atoms with Crippen molar-refractivity contribution in [3.05, 3.63) is 22.7 Å². The summed E-state index contributed by atoms with van der Waals surface area (Å²) >= 11 is 3.11. The molecule has 1 rings (SSSR count). The van der Waals surface area contributed by atoms with Crippen molar-refractivity contribution in [1.82, 2.24) is 0 Å². The Labute approximate surface area is 128 Å². The second-order valence-corrected chi connectivity index (χ2v) is 5.87. The number of halogens is 4. The van der Waals surface area contributed by atoms with E-state index in [1.54, 1.807) is 20.8 Å². The molecule has 0 bridgehead atoms. The minimum Gasteiger partial charge on any atom is -0.481 e. The Morgan fingerprint density at radius 1 is 1.24 bits per heavy atom. The zero-order valence-corrected chi connectivity index (χ0v) is 13.2. The average Bonchev–Trinajstić information content (AvgIpc) is 2.25. The minimum absolute atomic E-state index is 0.0441. The van der Waals surface area contributed by atoms with E-state index < -0.39 is 30.3 Å². The molecule has 1 aromatic rings. The molecule has 0 saturated carbocycles. The molecular formula is C13H14BrF3O4. The third-order valence-corrected chi connectivity index (χ3v) is 2.56. The molecule has 0 spiro atoms. The monoisotopic (exact) mass is 370 g/mol. The van der Waals surface area contributed by atoms with Gasteiger partial charge in [0.25, 0.3) is 0 Å². The molecule has 0 aliphatic rings. The van der Waals surface area contributed by atoms with E-state index in [0.717, 1.165) is 12.1 Å². The van der Waals surface area contributed by atoms with Gasteiger partial charge in [-0.25, -0.2) is 4.79 Å². The molecule has 0 heterocycles. The fraction of sp³-hybridized carbons (Fsp3) is 0.462. The first-order valence-corrected chi connectivity index (χ1v) is 6.65. The Hall–Kier alpha value is -1.44. The number of benzene rings is 1. The van der Waals surface area contributed by atoms with Crippen LogP contribution in [-0.2, 0) is 9.53 Å². The normalized spacial score (nSPS) is 12.0. The highest BCUT2D eigenvalue weighted by molar-refractivity contribution is 9.10. The fourth-order valence-electron chi connectivity index (χ4n) is 1.30. The van der Waals surface area contributed by atoms with Gasteiger partial charge in [-0.1, -0.05) is 0 Å². The van der Waals surface area contributed by atoms with E-state index in [1.165, 1.54) is 6.07 Å². The van der Waals surface area contributed by atoms with E-state index in [9.17, 15) is 18.0 Å². The summed E-state index contributed by atoms with van der Waals surface area (Å²) in [6.45, 7) is 4.65. The summed E-state index contributed by atoms with van der Waals surface area (Å²) in [6, 6.07) is 3.48. The van der Waals surface area contributed by atoms with Crippen molar-refractivity contribution in [3.8, 4) is 11.5 Å². The van der Waals surface area contributed by atoms with Crippen molar-refractivity contribution in [2.24, 2.45) is 0 Å². The number of carbonyl (C=O) groups excluding carboxylic acids is 1. The van der Waals surface area contributed by atoms with Crippen LogP contribution in [0.25, 0.3) is 0 Å². The topological polar surface area (TPSA) is 44.8 Å². The van der Waals surface area contributed by atoms with Crippen LogP contribution >= 0.6 is 15.9 Å². The number of hydrogen-bond acceptors (Lipinski definition) is 4. The number of hydrogen-bond donors (Lipinski definition) is 0. The Morgan fingerprint density at radius 3 is 2.38 bits per heavy atom. The molecule has 0 atom stereocenters. The van der Waals surface area contributed by atoms with Gasteiger partial charge in [0.2, 0.25) is 0 Å². The Balaban J connectivity index is 2.70. The molecular weight excluding hydrogens is 357 g/mol. The average molecular weight is 371 g/mol. The van der Waals surface area contributed by atoms with Gasteiger partial charge >= 0.3 is 12.3 Å². The van der Waals surface area contributed by atoms with Gasteiger partial charge in [-0.2, -0.15) is 0 Å². The van der Waals surface area contributed by atoms with Crippen LogP contribution in [0.4, 0.5) is 13.2 Å². The maximum Gasteiger partial charge on any atom is 0.573 e. The predicted octanol–water partition coefficient (Wildman–Crippen LogP) is 4.07. The number of esters is 1. The van der Waals surface area contributed by atoms with Crippen LogP contribution in [0.3, 0.4) is 0 Å². The summed E-state index contributed by atoms with van der Waals surface area (Å²) in [7, 11) is 0. The van der Waals surface area contributed by atoms with E-state index in [1.807, 2.05) is 0 Å². The highest BCUT2D eigenvalue weighted by Gasteiger charge is 2.31. The first-order chi connectivity index (χ1) is 9.46. The van der Waals surface area contributed by atoms with E-state index in [-0.39, 0.29) is 5.75 Å². The first-order valence-electron chi connectivity index (χ1n) is 5.86. The van der Waals surface area contributed by atoms with Crippen LogP contribution in [0, 0.1) is 0 Å². The molecule has 0 aromatic heterocycles. The van der Waals surface area contributed by atoms with Crippen molar-refractivity contribution in [1.29, 1.82) is 0 Å². The number of alkyl halides is 3. The lowest BCUT2D eigenvalue weighted by Crippen LogP contribution is -2.27. The lowest BCUT2D eigenvalue weighted by molar-refractivity contribution is -0.274. The molecule has 118 valence electrons. The summed E-state index contributed by atoms with van der Waals surface area (Å²) in [5.41, 5.74) is -0.668. The van der Waals surface area contributed by atoms with Gasteiger partial charge < -0.3 is 14.2 Å². The molecule has 0 unspecified atom stereocenters. The standard InChI is InChI=1S/C13H14BrF3O4/c1-12(2,3)21-11(18)7-19-10-6-8(4-5-9(10)14)20-13(15,16)17/h4-6H,7H2,1-3H3. The van der Waals surface area contributed by atoms with Crippen molar-refractivity contribution in [2.45, 2.75) is 32.7 Å². The maximum atomic E-state index is 12.1. The lowest BCUT2D eigenvalue weighted by Gasteiger charge is -2.19. The number of rotatable bonds is 4. The molecule has 1 aromatic carbocycles. The highest BCUT2D eigenvalue weighted by atomic mass is 79.9. The molecule has 8 heteroatoms. The Morgan fingerprint density at radius 2 is 1.86 bits per heavy atom. The molecule has 0 N–H and O–H groups in total. The van der Waals surface area contributed by atoms with Crippen LogP contribution in [0.1, 0.15) is 20.8 Å². The zero-order chi connectivity index (χ0) is 16.3. The van der Waals surface area contributed by atoms with Crippen molar-refractivity contribution in [2.75, 3.05) is 6.61 Å². The Bertz CT molecular complexity index is 509. The van der Waals surface area contributed by atoms with Gasteiger partial charge in [0.15, 0.2) is 6.61 Å². The van der Waals surface area contributed by atoms with Gasteiger partial charge in [-0.15, -0.1) is 13.2 Å². The number of carbonyl (C=O) groups is 1. The fourth-order valence-corrected chi connectivity index (χ4v) is 1.66. The smallest absolute Gasteiger partial charge is 0.481 e. The van der Waals surface area contributed by atoms with E-state index in [2.05, 4.69) is 20.7 Å². The molecule has 4 nitrogen and oxygen atoms in total. The summed E-state index contributed by atoms with van der Waals surface area (Å²) in [6.07, 6.45) is -4.80. The van der Waals surface area contributed by atoms with Gasteiger partial charge in [0.05, 0.1) is 4.47 Å². The summed E-state index contributed by atoms with van der Waals surface area (Å²) in [5.74, 6) is -1.02. The van der Waals surface area contributed by atoms with Gasteiger partial charge in [0, 0.05) is 6.07 Å². The molecule has 21 heavy (non-hydrogen) atoms. The van der Waals surface area contributed by atoms with Crippen LogP contribution in [0.15, 0.2) is 22.7 Å². The molecule has 0 radical (unpaired) electrons. The third kappa shape index (κ3) is 7.22. The van der Waals surface area contributed by atoms with Gasteiger partial charge in [-0.05, 0) is 48.8 Å². The zero-order valence-electron chi connectivity index (χ0n) is 11.6. The maximum absolute atomic E-state index is 12.1. The molecule has 0 fully saturated rings. The minimum atomic E-state index is -4.80. The SMILES string of the molecule is CC(C)(C)OC(=O)COc1cc(OC(F)(F)F)ccc1Br. The Kier molecular flexibility index (Phi) is 5.49. The molecule has 0 saturated heterocycles. The lowest BCUT2D eigenvalue weighted by atomic mass is 10.2. The molecule has 0 amide bonds. The summed E-state index contributed by atoms with van der Waals surface area (Å²) in [4.78, 5) is 11.5. The quantitative estimate of drug-likeness (QED) is 0.749. The number of ether oxygens (including phenoxy) is 3. The van der Waals surface area contributed by atoms with E-state index >= 15 is 0 Å². The first kappa shape index (κ1) is 17.6. The van der Waals surface area contributed by atoms with Gasteiger partial charge in [-0.3, -0.25) is 0 Å². The summed E-state index contributed by atoms with van der Waals surface area (Å²) in [5, 5.41) is 0. The van der Waals surface area contributed by atoms with Crippen molar-refractivity contribution in [3.63, 3.8) is 0 Å². The van der Waals surface area contributed by atoms with Crippen molar-refractivity contribution >= 4 is 21.9 Å². The van der Waals surface area contributed by atoms with Crippen LogP contribution in [-0.4, -0.2) is 24.5 Å². The van der Waals surface area contributed by atoms with Crippen LogP contribution in [0.2, 0.25) is 0 Å². The third-order valence-electron chi connectivity index (χ3n) is 1.90. The van der Waals surface area contributed by atoms with Crippen LogP contribution < -0.4 is 9.47 Å². The second-order valence-electron chi connectivity index (χ2n) is 5.02. The largest absolute Gasteiger partial charge is 0.573 e. The van der Waals surface area contributed by atoms with E-state index in [0.29, 0.717) is 4.47 Å². The van der Waals surface area contributed by atoms with Crippen LogP contribution in [0.5, 0.6) is 11.5 Å². The van der Waals surface area contributed by atoms with E-state index in [4.69, 9.17) is 9.47 Å². The highest BCUT2D eigenvalue weighted by Crippen LogP contribution is 2.32. The summed E-state index contributed by atoms with van der Waals surface area (Å²) < 4.78 is 50.7.